The molecule has 2 rings (SSSR count). The monoisotopic (exact) mass is 263 g/mol. The van der Waals surface area contributed by atoms with E-state index in [2.05, 4.69) is 19.9 Å². The lowest BCUT2D eigenvalue weighted by Gasteiger charge is -2.35. The van der Waals surface area contributed by atoms with E-state index in [0.717, 1.165) is 17.8 Å². The highest BCUT2D eigenvalue weighted by atomic mass is 14.7. The van der Waals surface area contributed by atoms with E-state index in [0.29, 0.717) is 6.04 Å². The molecular formula is C18H33N. The van der Waals surface area contributed by atoms with Crippen molar-refractivity contribution in [2.75, 3.05) is 0 Å². The molecule has 1 saturated carbocycles. The lowest BCUT2D eigenvalue weighted by molar-refractivity contribution is 0.210. The number of allylic oxidation sites excluding steroid dienone is 1. The molecule has 0 spiro atoms. The average molecular weight is 263 g/mol. The summed E-state index contributed by atoms with van der Waals surface area (Å²) in [5, 5.41) is 0. The molecular weight excluding hydrogens is 230 g/mol. The third-order valence-corrected chi connectivity index (χ3v) is 5.52. The molecule has 0 aromatic carbocycles. The Morgan fingerprint density at radius 1 is 0.947 bits per heavy atom. The molecule has 1 atom stereocenters. The largest absolute Gasteiger partial charge is 0.324 e. The van der Waals surface area contributed by atoms with Gasteiger partial charge in [0.2, 0.25) is 0 Å². The Hall–Kier alpha value is -0.300. The summed E-state index contributed by atoms with van der Waals surface area (Å²) in [6, 6.07) is 0.367. The molecule has 19 heavy (non-hydrogen) atoms. The maximum absolute atomic E-state index is 6.60. The van der Waals surface area contributed by atoms with Crippen molar-refractivity contribution in [1.82, 2.24) is 0 Å². The summed E-state index contributed by atoms with van der Waals surface area (Å²) in [4.78, 5) is 0. The Bertz CT molecular complexity index is 284. The molecule has 0 aliphatic heterocycles. The first-order chi connectivity index (χ1) is 9.18. The molecule has 110 valence electrons. The van der Waals surface area contributed by atoms with Gasteiger partial charge in [-0.3, -0.25) is 0 Å². The zero-order valence-corrected chi connectivity index (χ0v) is 13.0. The molecule has 1 unspecified atom stereocenters. The van der Waals surface area contributed by atoms with Gasteiger partial charge >= 0.3 is 0 Å². The molecule has 0 radical (unpaired) electrons. The van der Waals surface area contributed by atoms with Gasteiger partial charge in [0.15, 0.2) is 0 Å². The van der Waals surface area contributed by atoms with Crippen molar-refractivity contribution in [2.24, 2.45) is 23.5 Å². The fourth-order valence-corrected chi connectivity index (χ4v) is 3.99. The molecule has 2 aliphatic rings. The third-order valence-electron chi connectivity index (χ3n) is 5.52. The Balaban J connectivity index is 1.87. The van der Waals surface area contributed by atoms with Crippen molar-refractivity contribution in [2.45, 2.75) is 84.1 Å². The summed E-state index contributed by atoms with van der Waals surface area (Å²) in [7, 11) is 0. The molecule has 0 heterocycles. The summed E-state index contributed by atoms with van der Waals surface area (Å²) >= 11 is 0. The van der Waals surface area contributed by atoms with E-state index >= 15 is 0 Å². The molecule has 0 amide bonds. The quantitative estimate of drug-likeness (QED) is 0.708. The van der Waals surface area contributed by atoms with Crippen molar-refractivity contribution in [1.29, 1.82) is 0 Å². The van der Waals surface area contributed by atoms with E-state index in [4.69, 9.17) is 5.73 Å². The van der Waals surface area contributed by atoms with E-state index < -0.39 is 0 Å². The van der Waals surface area contributed by atoms with Gasteiger partial charge in [-0.2, -0.15) is 0 Å². The zero-order chi connectivity index (χ0) is 13.7. The maximum Gasteiger partial charge on any atom is 0.0282 e. The van der Waals surface area contributed by atoms with Gasteiger partial charge in [-0.25, -0.2) is 0 Å². The Morgan fingerprint density at radius 2 is 1.58 bits per heavy atom. The van der Waals surface area contributed by atoms with Crippen molar-refractivity contribution in [3.8, 4) is 0 Å². The van der Waals surface area contributed by atoms with Crippen LogP contribution in [0.3, 0.4) is 0 Å². The van der Waals surface area contributed by atoms with E-state index in [-0.39, 0.29) is 0 Å². The van der Waals surface area contributed by atoms with Crippen LogP contribution in [-0.4, -0.2) is 6.04 Å². The van der Waals surface area contributed by atoms with Crippen LogP contribution in [0.15, 0.2) is 11.6 Å². The molecule has 0 aromatic rings. The highest BCUT2D eigenvalue weighted by molar-refractivity contribution is 5.13. The Labute approximate surface area is 120 Å². The predicted octanol–water partition coefficient (Wildman–Crippen LogP) is 5.06. The van der Waals surface area contributed by atoms with Crippen molar-refractivity contribution in [3.05, 3.63) is 11.6 Å². The molecule has 1 heteroatoms. The fourth-order valence-electron chi connectivity index (χ4n) is 3.99. The van der Waals surface area contributed by atoms with Crippen molar-refractivity contribution < 1.29 is 0 Å². The van der Waals surface area contributed by atoms with Gasteiger partial charge in [0.05, 0.1) is 0 Å². The first kappa shape index (κ1) is 15.1. The molecule has 1 fully saturated rings. The van der Waals surface area contributed by atoms with Crippen LogP contribution in [0.5, 0.6) is 0 Å². The van der Waals surface area contributed by atoms with Gasteiger partial charge in [0.1, 0.15) is 0 Å². The van der Waals surface area contributed by atoms with E-state index in [1.165, 1.54) is 64.2 Å². The van der Waals surface area contributed by atoms with Crippen LogP contribution in [0.1, 0.15) is 78.1 Å². The van der Waals surface area contributed by atoms with Gasteiger partial charge in [0.25, 0.3) is 0 Å². The van der Waals surface area contributed by atoms with Gasteiger partial charge in [0, 0.05) is 6.04 Å². The van der Waals surface area contributed by atoms with Crippen LogP contribution in [0, 0.1) is 17.8 Å². The van der Waals surface area contributed by atoms with Crippen molar-refractivity contribution in [3.63, 3.8) is 0 Å². The minimum atomic E-state index is 0.367. The third kappa shape index (κ3) is 4.34. The summed E-state index contributed by atoms with van der Waals surface area (Å²) in [6.07, 6.45) is 16.1. The van der Waals surface area contributed by atoms with Crippen LogP contribution in [0.25, 0.3) is 0 Å². The summed E-state index contributed by atoms with van der Waals surface area (Å²) in [6.45, 7) is 4.75. The number of rotatable bonds is 3. The van der Waals surface area contributed by atoms with Gasteiger partial charge < -0.3 is 5.73 Å². The van der Waals surface area contributed by atoms with Crippen molar-refractivity contribution >= 4 is 0 Å². The molecule has 0 saturated heterocycles. The van der Waals surface area contributed by atoms with Crippen LogP contribution < -0.4 is 5.73 Å². The average Bonchev–Trinajstić information content (AvgIpc) is 2.38. The minimum Gasteiger partial charge on any atom is -0.324 e. The minimum absolute atomic E-state index is 0.367. The second kappa shape index (κ2) is 7.47. The second-order valence-electron chi connectivity index (χ2n) is 7.18. The van der Waals surface area contributed by atoms with Crippen LogP contribution in [-0.2, 0) is 0 Å². The van der Waals surface area contributed by atoms with E-state index in [1.54, 1.807) is 5.57 Å². The van der Waals surface area contributed by atoms with Gasteiger partial charge in [-0.15, -0.1) is 0 Å². The predicted molar refractivity (Wildman–Crippen MR) is 84.0 cm³/mol. The summed E-state index contributed by atoms with van der Waals surface area (Å²) in [5.74, 6) is 2.58. The Morgan fingerprint density at radius 3 is 2.26 bits per heavy atom. The molecule has 0 bridgehead atoms. The fraction of sp³-hybridized carbons (Fsp3) is 0.889. The SMILES string of the molecule is CC(C)C1CCC(C(N)C2=CCCCCCC2)CC1. The van der Waals surface area contributed by atoms with Crippen LogP contribution in [0.2, 0.25) is 0 Å². The first-order valence-electron chi connectivity index (χ1n) is 8.63. The number of nitrogens with two attached hydrogens (primary N) is 1. The summed E-state index contributed by atoms with van der Waals surface area (Å²) < 4.78 is 0. The van der Waals surface area contributed by atoms with Gasteiger partial charge in [-0.05, 0) is 69.1 Å². The molecule has 2 aliphatic carbocycles. The first-order valence-corrected chi connectivity index (χ1v) is 8.63. The lowest BCUT2D eigenvalue weighted by Crippen LogP contribution is -2.35. The van der Waals surface area contributed by atoms with Crippen LogP contribution >= 0.6 is 0 Å². The normalized spacial score (nSPS) is 31.5. The van der Waals surface area contributed by atoms with Crippen LogP contribution in [0.4, 0.5) is 0 Å². The van der Waals surface area contributed by atoms with E-state index in [1.807, 2.05) is 0 Å². The zero-order valence-electron chi connectivity index (χ0n) is 13.0. The topological polar surface area (TPSA) is 26.0 Å². The highest BCUT2D eigenvalue weighted by Gasteiger charge is 2.28. The lowest BCUT2D eigenvalue weighted by atomic mass is 9.73. The molecule has 1 nitrogen and oxygen atoms in total. The Kier molecular flexibility index (Phi) is 5.94. The summed E-state index contributed by atoms with van der Waals surface area (Å²) in [5.41, 5.74) is 8.19. The van der Waals surface area contributed by atoms with Gasteiger partial charge in [-0.1, -0.05) is 38.3 Å². The standard InChI is InChI=1S/C18H33N/c1-14(2)15-10-12-17(13-11-15)18(19)16-8-6-4-3-5-7-9-16/h8,14-15,17-18H,3-7,9-13,19H2,1-2H3. The highest BCUT2D eigenvalue weighted by Crippen LogP contribution is 2.36. The molecule has 0 aromatic heterocycles. The molecule has 2 N–H and O–H groups in total. The number of hydrogen-bond donors (Lipinski definition) is 1. The number of hydrogen-bond acceptors (Lipinski definition) is 1. The maximum atomic E-state index is 6.60. The van der Waals surface area contributed by atoms with E-state index in [9.17, 15) is 0 Å². The second-order valence-corrected chi connectivity index (χ2v) is 7.18. The smallest absolute Gasteiger partial charge is 0.0282 e.